The molecule has 0 spiro atoms. The molecule has 2 atom stereocenters. The summed E-state index contributed by atoms with van der Waals surface area (Å²) in [4.78, 5) is 12.1. The average Bonchev–Trinajstić information content (AvgIpc) is 2.42. The van der Waals surface area contributed by atoms with Gasteiger partial charge in [0, 0.05) is 17.1 Å². The van der Waals surface area contributed by atoms with E-state index >= 15 is 0 Å². The maximum atomic E-state index is 12.1. The van der Waals surface area contributed by atoms with Gasteiger partial charge in [-0.3, -0.25) is 4.79 Å². The van der Waals surface area contributed by atoms with E-state index in [0.29, 0.717) is 0 Å². The van der Waals surface area contributed by atoms with Crippen LogP contribution in [0.1, 0.15) is 25.3 Å². The maximum Gasteiger partial charge on any atom is 0.224 e. The Balaban J connectivity index is 1.81. The Morgan fingerprint density at radius 2 is 2.21 bits per heavy atom. The molecule has 104 valence electrons. The summed E-state index contributed by atoms with van der Waals surface area (Å²) in [6, 6.07) is 8.43. The first-order chi connectivity index (χ1) is 9.15. The van der Waals surface area contributed by atoms with Crippen molar-refractivity contribution in [2.75, 3.05) is 13.1 Å². The summed E-state index contributed by atoms with van der Waals surface area (Å²) in [6.07, 6.45) is 2.97. The van der Waals surface area contributed by atoms with E-state index in [1.807, 2.05) is 12.1 Å². The fourth-order valence-electron chi connectivity index (χ4n) is 2.46. The van der Waals surface area contributed by atoms with E-state index in [1.165, 1.54) is 5.56 Å². The third kappa shape index (κ3) is 4.62. The molecule has 2 rings (SSSR count). The second kappa shape index (κ2) is 7.06. The number of piperidine rings is 1. The molecule has 1 aromatic rings. The molecular formula is C15H21BrN2O. The lowest BCUT2D eigenvalue weighted by atomic mass is 9.98. The lowest BCUT2D eigenvalue weighted by Gasteiger charge is -2.24. The van der Waals surface area contributed by atoms with Gasteiger partial charge in [-0.2, -0.15) is 0 Å². The maximum absolute atomic E-state index is 12.1. The minimum absolute atomic E-state index is 0.140. The van der Waals surface area contributed by atoms with Crippen LogP contribution in [0.4, 0.5) is 0 Å². The van der Waals surface area contributed by atoms with Crippen molar-refractivity contribution in [2.24, 2.45) is 5.92 Å². The van der Waals surface area contributed by atoms with Crippen molar-refractivity contribution in [3.8, 4) is 0 Å². The van der Waals surface area contributed by atoms with E-state index in [4.69, 9.17) is 0 Å². The first-order valence-corrected chi connectivity index (χ1v) is 7.70. The van der Waals surface area contributed by atoms with Gasteiger partial charge in [-0.15, -0.1) is 0 Å². The SMILES string of the molecule is CC(Cc1ccc(Br)cc1)NC(=O)[C@@H]1CCCNC1. The predicted molar refractivity (Wildman–Crippen MR) is 81.0 cm³/mol. The molecule has 2 N–H and O–H groups in total. The number of hydrogen-bond acceptors (Lipinski definition) is 2. The normalized spacial score (nSPS) is 20.8. The van der Waals surface area contributed by atoms with E-state index in [1.54, 1.807) is 0 Å². The molecular weight excluding hydrogens is 304 g/mol. The van der Waals surface area contributed by atoms with Gasteiger partial charge in [-0.25, -0.2) is 0 Å². The summed E-state index contributed by atoms with van der Waals surface area (Å²) in [7, 11) is 0. The van der Waals surface area contributed by atoms with Gasteiger partial charge in [0.2, 0.25) is 5.91 Å². The quantitative estimate of drug-likeness (QED) is 0.893. The molecule has 0 aromatic heterocycles. The van der Waals surface area contributed by atoms with Gasteiger partial charge < -0.3 is 10.6 Å². The van der Waals surface area contributed by atoms with Crippen LogP contribution in [-0.4, -0.2) is 25.0 Å². The summed E-state index contributed by atoms with van der Waals surface area (Å²) in [6.45, 7) is 3.92. The second-order valence-electron chi connectivity index (χ2n) is 5.28. The number of hydrogen-bond donors (Lipinski definition) is 2. The Kier molecular flexibility index (Phi) is 5.40. The average molecular weight is 325 g/mol. The number of benzene rings is 1. The van der Waals surface area contributed by atoms with Crippen LogP contribution in [0.2, 0.25) is 0 Å². The molecule has 1 fully saturated rings. The largest absolute Gasteiger partial charge is 0.353 e. The van der Waals surface area contributed by atoms with Gasteiger partial charge in [-0.1, -0.05) is 28.1 Å². The summed E-state index contributed by atoms with van der Waals surface area (Å²) in [5, 5.41) is 6.40. The van der Waals surface area contributed by atoms with E-state index in [2.05, 4.69) is 45.6 Å². The third-order valence-electron chi connectivity index (χ3n) is 3.51. The number of amides is 1. The molecule has 0 bridgehead atoms. The zero-order valence-corrected chi connectivity index (χ0v) is 12.9. The Hall–Kier alpha value is -0.870. The first kappa shape index (κ1) is 14.5. The Bertz CT molecular complexity index is 413. The van der Waals surface area contributed by atoms with Crippen LogP contribution in [0.5, 0.6) is 0 Å². The van der Waals surface area contributed by atoms with Crippen LogP contribution >= 0.6 is 15.9 Å². The van der Waals surface area contributed by atoms with E-state index in [-0.39, 0.29) is 17.9 Å². The summed E-state index contributed by atoms with van der Waals surface area (Å²) >= 11 is 3.43. The molecule has 19 heavy (non-hydrogen) atoms. The minimum atomic E-state index is 0.140. The highest BCUT2D eigenvalue weighted by Gasteiger charge is 2.21. The smallest absolute Gasteiger partial charge is 0.224 e. The molecule has 1 aromatic carbocycles. The van der Waals surface area contributed by atoms with Crippen molar-refractivity contribution in [3.05, 3.63) is 34.3 Å². The zero-order chi connectivity index (χ0) is 13.7. The third-order valence-corrected chi connectivity index (χ3v) is 4.04. The lowest BCUT2D eigenvalue weighted by Crippen LogP contribution is -2.44. The highest BCUT2D eigenvalue weighted by molar-refractivity contribution is 9.10. The summed E-state index contributed by atoms with van der Waals surface area (Å²) in [5.41, 5.74) is 1.25. The minimum Gasteiger partial charge on any atom is -0.353 e. The van der Waals surface area contributed by atoms with Crippen LogP contribution in [0.3, 0.4) is 0 Å². The number of carbonyl (C=O) groups is 1. The molecule has 0 aliphatic carbocycles. The topological polar surface area (TPSA) is 41.1 Å². The van der Waals surface area contributed by atoms with Gasteiger partial charge in [0.25, 0.3) is 0 Å². The van der Waals surface area contributed by atoms with Crippen LogP contribution in [-0.2, 0) is 11.2 Å². The molecule has 1 saturated heterocycles. The number of halogens is 1. The standard InChI is InChI=1S/C15H21BrN2O/c1-11(9-12-4-6-14(16)7-5-12)18-15(19)13-3-2-8-17-10-13/h4-7,11,13,17H,2-3,8-10H2,1H3,(H,18,19)/t11?,13-/m1/s1. The molecule has 0 radical (unpaired) electrons. The Labute approximate surface area is 123 Å². The number of rotatable bonds is 4. The molecule has 3 nitrogen and oxygen atoms in total. The van der Waals surface area contributed by atoms with Crippen LogP contribution < -0.4 is 10.6 Å². The van der Waals surface area contributed by atoms with Crippen molar-refractivity contribution in [1.82, 2.24) is 10.6 Å². The molecule has 0 saturated carbocycles. The van der Waals surface area contributed by atoms with Gasteiger partial charge in [0.15, 0.2) is 0 Å². The monoisotopic (exact) mass is 324 g/mol. The van der Waals surface area contributed by atoms with E-state index in [9.17, 15) is 4.79 Å². The van der Waals surface area contributed by atoms with Crippen molar-refractivity contribution < 1.29 is 4.79 Å². The second-order valence-corrected chi connectivity index (χ2v) is 6.20. The van der Waals surface area contributed by atoms with Crippen molar-refractivity contribution in [1.29, 1.82) is 0 Å². The zero-order valence-electron chi connectivity index (χ0n) is 11.3. The molecule has 1 aliphatic heterocycles. The number of carbonyl (C=O) groups excluding carboxylic acids is 1. The van der Waals surface area contributed by atoms with Gasteiger partial charge in [0.05, 0.1) is 5.92 Å². The van der Waals surface area contributed by atoms with Crippen molar-refractivity contribution in [2.45, 2.75) is 32.2 Å². The van der Waals surface area contributed by atoms with E-state index in [0.717, 1.165) is 36.8 Å². The fraction of sp³-hybridized carbons (Fsp3) is 0.533. The highest BCUT2D eigenvalue weighted by atomic mass is 79.9. The van der Waals surface area contributed by atoms with Crippen LogP contribution in [0, 0.1) is 5.92 Å². The summed E-state index contributed by atoms with van der Waals surface area (Å²) in [5.74, 6) is 0.331. The van der Waals surface area contributed by atoms with Gasteiger partial charge >= 0.3 is 0 Å². The highest BCUT2D eigenvalue weighted by Crippen LogP contribution is 2.13. The molecule has 1 unspecified atom stereocenters. The molecule has 1 aliphatic rings. The molecule has 1 heterocycles. The molecule has 4 heteroatoms. The first-order valence-electron chi connectivity index (χ1n) is 6.90. The predicted octanol–water partition coefficient (Wildman–Crippen LogP) is 2.50. The molecule has 1 amide bonds. The number of nitrogens with one attached hydrogen (secondary N) is 2. The van der Waals surface area contributed by atoms with Crippen LogP contribution in [0.15, 0.2) is 28.7 Å². The van der Waals surface area contributed by atoms with Gasteiger partial charge in [0.1, 0.15) is 0 Å². The van der Waals surface area contributed by atoms with Crippen molar-refractivity contribution in [3.63, 3.8) is 0 Å². The lowest BCUT2D eigenvalue weighted by molar-refractivity contribution is -0.126. The Morgan fingerprint density at radius 3 is 2.84 bits per heavy atom. The van der Waals surface area contributed by atoms with E-state index < -0.39 is 0 Å². The fourth-order valence-corrected chi connectivity index (χ4v) is 2.73. The van der Waals surface area contributed by atoms with Crippen molar-refractivity contribution >= 4 is 21.8 Å². The Morgan fingerprint density at radius 1 is 1.47 bits per heavy atom. The van der Waals surface area contributed by atoms with Gasteiger partial charge in [-0.05, 0) is 50.4 Å². The summed E-state index contributed by atoms with van der Waals surface area (Å²) < 4.78 is 1.08. The van der Waals surface area contributed by atoms with Crippen LogP contribution in [0.25, 0.3) is 0 Å².